The zero-order valence-electron chi connectivity index (χ0n) is 25.1. The molecule has 1 aliphatic rings. The number of aromatic nitrogens is 1. The molecule has 0 saturated heterocycles. The molecule has 0 saturated carbocycles. The normalized spacial score (nSPS) is 12.8. The van der Waals surface area contributed by atoms with Crippen LogP contribution >= 0.6 is 0 Å². The number of fused-ring (bicyclic) bond motifs is 3. The average molecular weight is 528 g/mol. The minimum atomic E-state index is 0.112. The number of nitrogens with zero attached hydrogens (tertiary/aromatic N) is 1. The maximum Gasteiger partial charge on any atom is 0.140 e. The summed E-state index contributed by atoms with van der Waals surface area (Å²) in [6.45, 7) is 16.0. The number of benzene rings is 4. The van der Waals surface area contributed by atoms with Crippen LogP contribution in [0.4, 0.5) is 0 Å². The van der Waals surface area contributed by atoms with E-state index >= 15 is 0 Å². The van der Waals surface area contributed by atoms with Crippen LogP contribution in [0.3, 0.4) is 0 Å². The highest BCUT2D eigenvalue weighted by Gasteiger charge is 2.28. The van der Waals surface area contributed by atoms with Gasteiger partial charge in [0.1, 0.15) is 11.5 Å². The van der Waals surface area contributed by atoms with E-state index in [1.54, 1.807) is 0 Å². The zero-order valence-corrected chi connectivity index (χ0v) is 25.1. The van der Waals surface area contributed by atoms with Crippen LogP contribution in [-0.4, -0.2) is 4.98 Å². The summed E-state index contributed by atoms with van der Waals surface area (Å²) in [5.74, 6) is 3.14. The SMILES string of the molecule is CC(C)Cc1ccc(-c2cc3c4c(nccc4c2)-c2cc4cc(CC(C)C)ccc4c(CC(C)(C)C)c2O3)cc1. The number of ether oxygens (including phenoxy) is 1. The lowest BCUT2D eigenvalue weighted by Gasteiger charge is -2.28. The van der Waals surface area contributed by atoms with Gasteiger partial charge in [0.25, 0.3) is 0 Å². The number of hydrogen-bond donors (Lipinski definition) is 0. The number of hydrogen-bond acceptors (Lipinski definition) is 2. The molecule has 0 radical (unpaired) electrons. The van der Waals surface area contributed by atoms with Crippen LogP contribution in [0.25, 0.3) is 43.9 Å². The Bertz CT molecular complexity index is 1720. The molecule has 204 valence electrons. The van der Waals surface area contributed by atoms with E-state index in [1.807, 2.05) is 6.20 Å². The summed E-state index contributed by atoms with van der Waals surface area (Å²) in [6.07, 6.45) is 5.06. The molecule has 0 amide bonds. The molecule has 0 aliphatic carbocycles. The average Bonchev–Trinajstić information content (AvgIpc) is 2.88. The maximum absolute atomic E-state index is 6.93. The van der Waals surface area contributed by atoms with E-state index in [0.717, 1.165) is 47.4 Å². The molecular formula is C38H41NO. The lowest BCUT2D eigenvalue weighted by Crippen LogP contribution is -2.12. The summed E-state index contributed by atoms with van der Waals surface area (Å²) in [6, 6.07) is 24.9. The van der Waals surface area contributed by atoms with Crippen LogP contribution in [0.2, 0.25) is 0 Å². The van der Waals surface area contributed by atoms with Gasteiger partial charge in [0.05, 0.1) is 11.1 Å². The van der Waals surface area contributed by atoms with E-state index < -0.39 is 0 Å². The second kappa shape index (κ2) is 10.1. The lowest BCUT2D eigenvalue weighted by atomic mass is 9.83. The minimum absolute atomic E-state index is 0.112. The Kier molecular flexibility index (Phi) is 6.69. The van der Waals surface area contributed by atoms with E-state index in [2.05, 4.69) is 115 Å². The Balaban J connectivity index is 1.54. The highest BCUT2D eigenvalue weighted by atomic mass is 16.5. The van der Waals surface area contributed by atoms with Crippen LogP contribution in [0.1, 0.15) is 65.2 Å². The van der Waals surface area contributed by atoms with Gasteiger partial charge in [-0.15, -0.1) is 0 Å². The lowest BCUT2D eigenvalue weighted by molar-refractivity contribution is 0.400. The first-order valence-electron chi connectivity index (χ1n) is 14.8. The van der Waals surface area contributed by atoms with E-state index in [1.165, 1.54) is 44.0 Å². The van der Waals surface area contributed by atoms with Gasteiger partial charge in [0.2, 0.25) is 0 Å². The first kappa shape index (κ1) is 26.6. The van der Waals surface area contributed by atoms with Gasteiger partial charge < -0.3 is 4.74 Å². The monoisotopic (exact) mass is 527 g/mol. The molecule has 0 N–H and O–H groups in total. The minimum Gasteiger partial charge on any atom is -0.456 e. The molecule has 0 atom stereocenters. The quantitative estimate of drug-likeness (QED) is 0.215. The van der Waals surface area contributed by atoms with Crippen LogP contribution in [-0.2, 0) is 19.3 Å². The smallest absolute Gasteiger partial charge is 0.140 e. The summed E-state index contributed by atoms with van der Waals surface area (Å²) in [7, 11) is 0. The van der Waals surface area contributed by atoms with Crippen molar-refractivity contribution in [2.24, 2.45) is 17.3 Å². The van der Waals surface area contributed by atoms with Gasteiger partial charge in [-0.1, -0.05) is 90.9 Å². The Hall–Kier alpha value is -3.65. The molecule has 0 unspecified atom stereocenters. The molecule has 40 heavy (non-hydrogen) atoms. The third-order valence-electron chi connectivity index (χ3n) is 7.84. The Morgan fingerprint density at radius 2 is 1.43 bits per heavy atom. The van der Waals surface area contributed by atoms with E-state index in [-0.39, 0.29) is 5.41 Å². The molecule has 4 aromatic carbocycles. The van der Waals surface area contributed by atoms with Crippen molar-refractivity contribution in [3.63, 3.8) is 0 Å². The molecule has 0 fully saturated rings. The summed E-state index contributed by atoms with van der Waals surface area (Å²) < 4.78 is 6.93. The summed E-state index contributed by atoms with van der Waals surface area (Å²) >= 11 is 0. The zero-order chi connectivity index (χ0) is 28.2. The Morgan fingerprint density at radius 3 is 2.12 bits per heavy atom. The van der Waals surface area contributed by atoms with Crippen molar-refractivity contribution in [1.29, 1.82) is 0 Å². The fraction of sp³-hybridized carbons (Fsp3) is 0.342. The third-order valence-corrected chi connectivity index (χ3v) is 7.84. The molecule has 0 spiro atoms. The molecule has 0 bridgehead atoms. The van der Waals surface area contributed by atoms with Crippen LogP contribution < -0.4 is 4.74 Å². The maximum atomic E-state index is 6.93. The Labute approximate surface area is 239 Å². The van der Waals surface area contributed by atoms with Crippen molar-refractivity contribution in [2.45, 2.75) is 67.7 Å². The van der Waals surface area contributed by atoms with Gasteiger partial charge in [-0.25, -0.2) is 0 Å². The number of pyridine rings is 1. The summed E-state index contributed by atoms with van der Waals surface area (Å²) in [4.78, 5) is 4.96. The van der Waals surface area contributed by atoms with Crippen molar-refractivity contribution in [3.05, 3.63) is 89.6 Å². The highest BCUT2D eigenvalue weighted by molar-refractivity contribution is 6.07. The predicted octanol–water partition coefficient (Wildman–Crippen LogP) is 10.8. The predicted molar refractivity (Wildman–Crippen MR) is 170 cm³/mol. The second-order valence-corrected chi connectivity index (χ2v) is 13.8. The molecule has 2 heterocycles. The van der Waals surface area contributed by atoms with Crippen molar-refractivity contribution in [2.75, 3.05) is 0 Å². The molecule has 6 rings (SSSR count). The second-order valence-electron chi connectivity index (χ2n) is 13.8. The molecule has 1 aromatic heterocycles. The highest BCUT2D eigenvalue weighted by Crippen LogP contribution is 2.51. The van der Waals surface area contributed by atoms with E-state index in [4.69, 9.17) is 9.72 Å². The van der Waals surface area contributed by atoms with Crippen molar-refractivity contribution in [1.82, 2.24) is 4.98 Å². The molecule has 2 nitrogen and oxygen atoms in total. The fourth-order valence-electron chi connectivity index (χ4n) is 6.25. The van der Waals surface area contributed by atoms with E-state index in [0.29, 0.717) is 11.8 Å². The molecular weight excluding hydrogens is 486 g/mol. The van der Waals surface area contributed by atoms with Crippen LogP contribution in [0.15, 0.2) is 72.9 Å². The van der Waals surface area contributed by atoms with Crippen LogP contribution in [0.5, 0.6) is 11.5 Å². The van der Waals surface area contributed by atoms with Gasteiger partial charge in [0.15, 0.2) is 0 Å². The third kappa shape index (κ3) is 5.12. The van der Waals surface area contributed by atoms with Crippen molar-refractivity contribution in [3.8, 4) is 33.9 Å². The first-order valence-corrected chi connectivity index (χ1v) is 14.8. The first-order chi connectivity index (χ1) is 19.1. The Morgan fingerprint density at radius 1 is 0.725 bits per heavy atom. The molecule has 5 aromatic rings. The molecule has 2 heteroatoms. The van der Waals surface area contributed by atoms with Gasteiger partial charge in [-0.3, -0.25) is 4.98 Å². The topological polar surface area (TPSA) is 22.1 Å². The van der Waals surface area contributed by atoms with Crippen molar-refractivity contribution < 1.29 is 4.74 Å². The van der Waals surface area contributed by atoms with Crippen molar-refractivity contribution >= 4 is 21.5 Å². The largest absolute Gasteiger partial charge is 0.456 e. The van der Waals surface area contributed by atoms with Gasteiger partial charge in [0, 0.05) is 17.3 Å². The van der Waals surface area contributed by atoms with Gasteiger partial charge in [-0.2, -0.15) is 0 Å². The van der Waals surface area contributed by atoms with Crippen LogP contribution in [0, 0.1) is 17.3 Å². The van der Waals surface area contributed by atoms with Gasteiger partial charge >= 0.3 is 0 Å². The summed E-state index contributed by atoms with van der Waals surface area (Å²) in [5, 5.41) is 4.84. The fourth-order valence-corrected chi connectivity index (χ4v) is 6.25. The van der Waals surface area contributed by atoms with E-state index in [9.17, 15) is 0 Å². The number of rotatable bonds is 6. The van der Waals surface area contributed by atoms with Gasteiger partial charge in [-0.05, 0) is 99.2 Å². The summed E-state index contributed by atoms with van der Waals surface area (Å²) in [5.41, 5.74) is 8.69. The molecule has 1 aliphatic heterocycles. The standard InChI is InChI=1S/C38H41NO/c1-23(2)16-25-8-11-27(12-9-25)29-19-28-14-15-39-36-32-20-30-18-26(17-24(3)4)10-13-31(30)33(22-38(5,6)7)37(32)40-34(21-29)35(28)36/h8-15,18-21,23-24H,16-17,22H2,1-7H3.